The van der Waals surface area contributed by atoms with Crippen LogP contribution in [0.2, 0.25) is 0 Å². The van der Waals surface area contributed by atoms with Crippen LogP contribution in [-0.4, -0.2) is 12.4 Å². The van der Waals surface area contributed by atoms with E-state index in [1.54, 1.807) is 60.7 Å². The molecule has 1 aliphatic heterocycles. The molecule has 3 aromatic rings. The van der Waals surface area contributed by atoms with E-state index in [1.165, 1.54) is 0 Å². The highest BCUT2D eigenvalue weighted by Crippen LogP contribution is 2.50. The van der Waals surface area contributed by atoms with Gasteiger partial charge in [0.15, 0.2) is 5.79 Å². The normalized spacial score (nSPS) is 18.3. The van der Waals surface area contributed by atoms with Crippen molar-refractivity contribution in [3.05, 3.63) is 78.6 Å². The molecule has 1 aromatic heterocycles. The molecule has 4 rings (SSSR count). The van der Waals surface area contributed by atoms with Gasteiger partial charge in [0.2, 0.25) is 0 Å². The molecule has 0 aliphatic carbocycles. The number of rotatable bonds is 7. The maximum Gasteiger partial charge on any atom is 0.649 e. The van der Waals surface area contributed by atoms with Gasteiger partial charge in [-0.05, 0) is 44.2 Å². The lowest BCUT2D eigenvalue weighted by Gasteiger charge is -2.18. The number of hydrogen-bond donors (Lipinski definition) is 0. The summed E-state index contributed by atoms with van der Waals surface area (Å²) in [4.78, 5) is 0. The van der Waals surface area contributed by atoms with E-state index in [-0.39, 0.29) is 12.1 Å². The van der Waals surface area contributed by atoms with Crippen LogP contribution in [0.15, 0.2) is 77.2 Å². The van der Waals surface area contributed by atoms with Crippen molar-refractivity contribution in [2.75, 3.05) is 6.61 Å². The SMILES string of the molecule is CC1(C)OC[C@H](c2ccc(OP(=O)(Oc3ccccc3)Oc3ccccc3)o2)O1. The maximum atomic E-state index is 13.4. The lowest BCUT2D eigenvalue weighted by atomic mass is 10.3. The minimum atomic E-state index is -4.09. The molecular formula is C21H21O7P. The molecule has 8 heteroatoms. The van der Waals surface area contributed by atoms with E-state index in [1.807, 2.05) is 26.0 Å². The Kier molecular flexibility index (Phi) is 5.37. The van der Waals surface area contributed by atoms with Crippen LogP contribution < -0.4 is 13.6 Å². The monoisotopic (exact) mass is 416 g/mol. The van der Waals surface area contributed by atoms with Crippen molar-refractivity contribution in [3.8, 4) is 17.4 Å². The molecule has 2 heterocycles. The Balaban J connectivity index is 1.54. The molecule has 1 aliphatic rings. The first-order valence-corrected chi connectivity index (χ1v) is 10.6. The van der Waals surface area contributed by atoms with Gasteiger partial charge in [-0.25, -0.2) is 0 Å². The van der Waals surface area contributed by atoms with E-state index in [2.05, 4.69) is 0 Å². The van der Waals surface area contributed by atoms with Crippen molar-refractivity contribution in [1.29, 1.82) is 0 Å². The summed E-state index contributed by atoms with van der Waals surface area (Å²) in [5.74, 6) is 0.473. The van der Waals surface area contributed by atoms with Crippen LogP contribution in [0.1, 0.15) is 25.7 Å². The van der Waals surface area contributed by atoms with E-state index >= 15 is 0 Å². The van der Waals surface area contributed by atoms with Gasteiger partial charge in [0.1, 0.15) is 23.4 Å². The molecule has 0 saturated carbocycles. The Hall–Kier alpha value is -2.73. The highest BCUT2D eigenvalue weighted by Gasteiger charge is 2.37. The highest BCUT2D eigenvalue weighted by atomic mass is 31.2. The molecule has 1 saturated heterocycles. The summed E-state index contributed by atoms with van der Waals surface area (Å²) in [6, 6.07) is 20.5. The molecular weight excluding hydrogens is 395 g/mol. The standard InChI is InChI=1S/C21H21O7P/c1-21(2)23-15-19(25-21)18-13-14-20(24-18)28-29(22,26-16-9-5-3-6-10-16)27-17-11-7-4-8-12-17/h3-14,19H,15H2,1-2H3/t19-/m1/s1. The summed E-state index contributed by atoms with van der Waals surface area (Å²) < 4.78 is 47.1. The second-order valence-electron chi connectivity index (χ2n) is 6.82. The fraction of sp³-hybridized carbons (Fsp3) is 0.238. The Morgan fingerprint density at radius 1 is 0.862 bits per heavy atom. The number of para-hydroxylation sites is 2. The van der Waals surface area contributed by atoms with Gasteiger partial charge in [0.25, 0.3) is 5.95 Å². The van der Waals surface area contributed by atoms with Gasteiger partial charge in [-0.2, -0.15) is 4.57 Å². The first-order valence-electron chi connectivity index (χ1n) is 9.11. The molecule has 1 atom stereocenters. The van der Waals surface area contributed by atoms with Crippen molar-refractivity contribution < 1.29 is 32.0 Å². The number of ether oxygens (including phenoxy) is 2. The summed E-state index contributed by atoms with van der Waals surface area (Å²) in [7, 11) is -4.09. The van der Waals surface area contributed by atoms with E-state index < -0.39 is 13.6 Å². The van der Waals surface area contributed by atoms with Gasteiger partial charge in [0.05, 0.1) is 6.61 Å². The van der Waals surface area contributed by atoms with Gasteiger partial charge in [0, 0.05) is 6.07 Å². The second-order valence-corrected chi connectivity index (χ2v) is 8.26. The molecule has 152 valence electrons. The molecule has 1 fully saturated rings. The average molecular weight is 416 g/mol. The van der Waals surface area contributed by atoms with Crippen LogP contribution in [0.25, 0.3) is 0 Å². The largest absolute Gasteiger partial charge is 0.649 e. The average Bonchev–Trinajstić information content (AvgIpc) is 3.29. The lowest BCUT2D eigenvalue weighted by molar-refractivity contribution is -0.141. The second kappa shape index (κ2) is 7.95. The first kappa shape index (κ1) is 19.6. The minimum absolute atomic E-state index is 0.0106. The predicted octanol–water partition coefficient (Wildman–Crippen LogP) is 5.75. The Morgan fingerprint density at radius 2 is 1.45 bits per heavy atom. The van der Waals surface area contributed by atoms with Crippen molar-refractivity contribution in [3.63, 3.8) is 0 Å². The predicted molar refractivity (Wildman–Crippen MR) is 105 cm³/mol. The molecule has 0 bridgehead atoms. The van der Waals surface area contributed by atoms with Gasteiger partial charge in [-0.3, -0.25) is 0 Å². The van der Waals surface area contributed by atoms with E-state index in [9.17, 15) is 4.57 Å². The van der Waals surface area contributed by atoms with Crippen molar-refractivity contribution >= 4 is 7.82 Å². The third-order valence-electron chi connectivity index (χ3n) is 4.05. The summed E-state index contributed by atoms with van der Waals surface area (Å²) in [5.41, 5.74) is 0. The summed E-state index contributed by atoms with van der Waals surface area (Å²) in [6.07, 6.45) is -0.383. The molecule has 29 heavy (non-hydrogen) atoms. The number of furan rings is 1. The van der Waals surface area contributed by atoms with Gasteiger partial charge in [-0.15, -0.1) is 0 Å². The number of phosphoric ester groups is 1. The van der Waals surface area contributed by atoms with E-state index in [4.69, 9.17) is 27.5 Å². The van der Waals surface area contributed by atoms with Gasteiger partial charge < -0.3 is 27.5 Å². The summed E-state index contributed by atoms with van der Waals surface area (Å²) in [6.45, 7) is 3.99. The van der Waals surface area contributed by atoms with Crippen LogP contribution in [-0.2, 0) is 14.0 Å². The third-order valence-corrected chi connectivity index (χ3v) is 5.32. The molecule has 7 nitrogen and oxygen atoms in total. The van der Waals surface area contributed by atoms with Crippen molar-refractivity contribution in [2.24, 2.45) is 0 Å². The highest BCUT2D eigenvalue weighted by molar-refractivity contribution is 7.49. The zero-order valence-electron chi connectivity index (χ0n) is 16.0. The quantitative estimate of drug-likeness (QED) is 0.454. The van der Waals surface area contributed by atoms with Crippen LogP contribution >= 0.6 is 7.82 Å². The minimum Gasteiger partial charge on any atom is -0.428 e. The van der Waals surface area contributed by atoms with Gasteiger partial charge in [-0.1, -0.05) is 36.4 Å². The Bertz CT molecular complexity index is 939. The van der Waals surface area contributed by atoms with Gasteiger partial charge >= 0.3 is 7.82 Å². The third kappa shape index (κ3) is 5.01. The smallest absolute Gasteiger partial charge is 0.428 e. The fourth-order valence-electron chi connectivity index (χ4n) is 2.77. The van der Waals surface area contributed by atoms with Crippen LogP contribution in [0.3, 0.4) is 0 Å². The van der Waals surface area contributed by atoms with Crippen molar-refractivity contribution in [1.82, 2.24) is 0 Å². The molecule has 0 unspecified atom stereocenters. The van der Waals surface area contributed by atoms with Crippen molar-refractivity contribution in [2.45, 2.75) is 25.7 Å². The lowest BCUT2D eigenvalue weighted by Crippen LogP contribution is -2.19. The summed E-state index contributed by atoms with van der Waals surface area (Å²) in [5, 5.41) is 0. The maximum absolute atomic E-state index is 13.4. The van der Waals surface area contributed by atoms with Crippen LogP contribution in [0, 0.1) is 0 Å². The Morgan fingerprint density at radius 3 is 1.97 bits per heavy atom. The topological polar surface area (TPSA) is 76.4 Å². The molecule has 0 spiro atoms. The fourth-order valence-corrected chi connectivity index (χ4v) is 3.96. The zero-order chi connectivity index (χ0) is 20.3. The molecule has 0 N–H and O–H groups in total. The molecule has 0 radical (unpaired) electrons. The number of hydrogen-bond acceptors (Lipinski definition) is 7. The van der Waals surface area contributed by atoms with Crippen LogP contribution in [0.5, 0.6) is 17.4 Å². The number of phosphoric acid groups is 1. The Labute approximate surface area is 168 Å². The molecule has 2 aromatic carbocycles. The van der Waals surface area contributed by atoms with Crippen LogP contribution in [0.4, 0.5) is 0 Å². The zero-order valence-corrected chi connectivity index (χ0v) is 16.9. The van der Waals surface area contributed by atoms with E-state index in [0.717, 1.165) is 0 Å². The summed E-state index contributed by atoms with van der Waals surface area (Å²) >= 11 is 0. The molecule has 0 amide bonds. The number of benzene rings is 2. The van der Waals surface area contributed by atoms with E-state index in [0.29, 0.717) is 23.9 Å². The first-order chi connectivity index (χ1) is 13.9.